The van der Waals surface area contributed by atoms with Gasteiger partial charge < -0.3 is 5.32 Å². The highest BCUT2D eigenvalue weighted by Gasteiger charge is 2.09. The van der Waals surface area contributed by atoms with Crippen LogP contribution in [-0.2, 0) is 6.42 Å². The van der Waals surface area contributed by atoms with E-state index < -0.39 is 0 Å². The molecule has 0 aliphatic rings. The predicted molar refractivity (Wildman–Crippen MR) is 83.3 cm³/mol. The summed E-state index contributed by atoms with van der Waals surface area (Å²) in [5.41, 5.74) is 0. The summed E-state index contributed by atoms with van der Waals surface area (Å²) in [5, 5.41) is 8.70. The maximum absolute atomic E-state index is 4.68. The van der Waals surface area contributed by atoms with E-state index in [1.54, 1.807) is 22.7 Å². The van der Waals surface area contributed by atoms with Crippen LogP contribution in [0.25, 0.3) is 10.2 Å². The molecule has 0 bridgehead atoms. The van der Waals surface area contributed by atoms with Gasteiger partial charge in [0.2, 0.25) is 0 Å². The van der Waals surface area contributed by atoms with Gasteiger partial charge in [0.05, 0.1) is 5.39 Å². The molecule has 5 heteroatoms. The van der Waals surface area contributed by atoms with Crippen LogP contribution in [0.3, 0.4) is 0 Å². The third-order valence-electron chi connectivity index (χ3n) is 2.83. The third kappa shape index (κ3) is 2.77. The van der Waals surface area contributed by atoms with Gasteiger partial charge >= 0.3 is 0 Å². The normalized spacial score (nSPS) is 11.0. The molecule has 1 N–H and O–H groups in total. The first-order chi connectivity index (χ1) is 9.36. The zero-order valence-corrected chi connectivity index (χ0v) is 12.4. The number of nitrogens with zero attached hydrogens (tertiary/aromatic N) is 2. The Balaban J connectivity index is 1.95. The van der Waals surface area contributed by atoms with Crippen LogP contribution in [0.15, 0.2) is 29.0 Å². The molecule has 0 radical (unpaired) electrons. The largest absolute Gasteiger partial charge is 0.369 e. The quantitative estimate of drug-likeness (QED) is 0.766. The van der Waals surface area contributed by atoms with Crippen LogP contribution >= 0.6 is 22.7 Å². The first kappa shape index (κ1) is 12.6. The Morgan fingerprint density at radius 2 is 2.11 bits per heavy atom. The van der Waals surface area contributed by atoms with E-state index in [0.29, 0.717) is 0 Å². The van der Waals surface area contributed by atoms with E-state index in [2.05, 4.69) is 51.2 Å². The second kappa shape index (κ2) is 5.67. The van der Waals surface area contributed by atoms with Gasteiger partial charge in [-0.3, -0.25) is 0 Å². The number of aromatic nitrogens is 2. The summed E-state index contributed by atoms with van der Waals surface area (Å²) in [5.74, 6) is 1.87. The molecular weight excluding hydrogens is 274 g/mol. The number of hydrogen-bond donors (Lipinski definition) is 1. The first-order valence-electron chi connectivity index (χ1n) is 6.37. The average Bonchev–Trinajstić information content (AvgIpc) is 3.06. The van der Waals surface area contributed by atoms with Crippen LogP contribution in [0.2, 0.25) is 0 Å². The Morgan fingerprint density at radius 1 is 1.16 bits per heavy atom. The fraction of sp³-hybridized carbons (Fsp3) is 0.286. The topological polar surface area (TPSA) is 37.8 Å². The standard InChI is InChI=1S/C14H15N3S2/c1-2-6-15-13-11-5-8-19-14(11)17-12(16-13)9-10-4-3-7-18-10/h3-5,7-8H,2,6,9H2,1H3,(H,15,16,17). The molecule has 0 spiro atoms. The zero-order valence-electron chi connectivity index (χ0n) is 10.7. The molecule has 19 heavy (non-hydrogen) atoms. The molecule has 0 aromatic carbocycles. The first-order valence-corrected chi connectivity index (χ1v) is 8.13. The summed E-state index contributed by atoms with van der Waals surface area (Å²) >= 11 is 3.43. The molecule has 0 saturated heterocycles. The Hall–Kier alpha value is -1.46. The lowest BCUT2D eigenvalue weighted by atomic mass is 10.3. The summed E-state index contributed by atoms with van der Waals surface area (Å²) in [4.78, 5) is 11.7. The van der Waals surface area contributed by atoms with Crippen molar-refractivity contribution in [1.29, 1.82) is 0 Å². The van der Waals surface area contributed by atoms with Crippen molar-refractivity contribution in [3.05, 3.63) is 39.7 Å². The maximum Gasteiger partial charge on any atom is 0.138 e. The third-order valence-corrected chi connectivity index (χ3v) is 4.51. The van der Waals surface area contributed by atoms with Crippen molar-refractivity contribution in [2.24, 2.45) is 0 Å². The Kier molecular flexibility index (Phi) is 3.75. The van der Waals surface area contributed by atoms with Crippen LogP contribution in [0, 0.1) is 0 Å². The van der Waals surface area contributed by atoms with Gasteiger partial charge in [-0.15, -0.1) is 22.7 Å². The van der Waals surface area contributed by atoms with E-state index in [1.807, 2.05) is 0 Å². The molecule has 0 atom stereocenters. The molecule has 0 amide bonds. The summed E-state index contributed by atoms with van der Waals surface area (Å²) < 4.78 is 0. The smallest absolute Gasteiger partial charge is 0.138 e. The van der Waals surface area contributed by atoms with Crippen molar-refractivity contribution in [3.8, 4) is 0 Å². The molecule has 0 unspecified atom stereocenters. The fourth-order valence-corrected chi connectivity index (χ4v) is 3.41. The molecule has 0 aliphatic heterocycles. The van der Waals surface area contributed by atoms with Gasteiger partial charge in [-0.05, 0) is 29.3 Å². The summed E-state index contributed by atoms with van der Waals surface area (Å²) in [6, 6.07) is 6.29. The van der Waals surface area contributed by atoms with Gasteiger partial charge in [-0.25, -0.2) is 9.97 Å². The molecule has 3 aromatic heterocycles. The molecular formula is C14H15N3S2. The monoisotopic (exact) mass is 289 g/mol. The second-order valence-corrected chi connectivity index (χ2v) is 6.24. The van der Waals surface area contributed by atoms with E-state index in [4.69, 9.17) is 0 Å². The lowest BCUT2D eigenvalue weighted by Crippen LogP contribution is -2.05. The van der Waals surface area contributed by atoms with Crippen LogP contribution < -0.4 is 5.32 Å². The van der Waals surface area contributed by atoms with Crippen LogP contribution in [0.5, 0.6) is 0 Å². The van der Waals surface area contributed by atoms with Crippen molar-refractivity contribution >= 4 is 38.7 Å². The van der Waals surface area contributed by atoms with Crippen LogP contribution in [0.4, 0.5) is 5.82 Å². The Labute approximate surface area is 120 Å². The molecule has 3 heterocycles. The molecule has 0 aliphatic carbocycles. The van der Waals surface area contributed by atoms with Crippen molar-refractivity contribution in [2.45, 2.75) is 19.8 Å². The van der Waals surface area contributed by atoms with Gasteiger partial charge in [0, 0.05) is 17.8 Å². The minimum Gasteiger partial charge on any atom is -0.369 e. The highest BCUT2D eigenvalue weighted by atomic mass is 32.1. The SMILES string of the molecule is CCCNc1nc(Cc2cccs2)nc2sccc12. The van der Waals surface area contributed by atoms with E-state index in [1.165, 1.54) is 4.88 Å². The van der Waals surface area contributed by atoms with E-state index in [-0.39, 0.29) is 0 Å². The number of hydrogen-bond acceptors (Lipinski definition) is 5. The number of anilines is 1. The minimum absolute atomic E-state index is 0.812. The maximum atomic E-state index is 4.68. The summed E-state index contributed by atoms with van der Waals surface area (Å²) in [6.07, 6.45) is 1.90. The highest BCUT2D eigenvalue weighted by molar-refractivity contribution is 7.16. The van der Waals surface area contributed by atoms with E-state index >= 15 is 0 Å². The van der Waals surface area contributed by atoms with E-state index in [0.717, 1.165) is 41.2 Å². The minimum atomic E-state index is 0.812. The van der Waals surface area contributed by atoms with Crippen molar-refractivity contribution in [1.82, 2.24) is 9.97 Å². The van der Waals surface area contributed by atoms with Crippen molar-refractivity contribution < 1.29 is 0 Å². The molecule has 3 nitrogen and oxygen atoms in total. The lowest BCUT2D eigenvalue weighted by molar-refractivity contribution is 0.951. The average molecular weight is 289 g/mol. The van der Waals surface area contributed by atoms with Crippen LogP contribution in [-0.4, -0.2) is 16.5 Å². The van der Waals surface area contributed by atoms with Gasteiger partial charge in [0.15, 0.2) is 0 Å². The number of fused-ring (bicyclic) bond motifs is 1. The lowest BCUT2D eigenvalue weighted by Gasteiger charge is -2.07. The van der Waals surface area contributed by atoms with Crippen LogP contribution in [0.1, 0.15) is 24.0 Å². The predicted octanol–water partition coefficient (Wildman–Crippen LogP) is 4.17. The summed E-state index contributed by atoms with van der Waals surface area (Å²) in [7, 11) is 0. The Bertz CT molecular complexity index is 658. The molecule has 98 valence electrons. The second-order valence-electron chi connectivity index (χ2n) is 4.31. The number of thiophene rings is 2. The molecule has 0 saturated carbocycles. The van der Waals surface area contributed by atoms with E-state index in [9.17, 15) is 0 Å². The van der Waals surface area contributed by atoms with Gasteiger partial charge in [0.25, 0.3) is 0 Å². The number of nitrogens with one attached hydrogen (secondary N) is 1. The van der Waals surface area contributed by atoms with Gasteiger partial charge in [-0.2, -0.15) is 0 Å². The van der Waals surface area contributed by atoms with Gasteiger partial charge in [0.1, 0.15) is 16.5 Å². The van der Waals surface area contributed by atoms with Crippen molar-refractivity contribution in [2.75, 3.05) is 11.9 Å². The summed E-state index contributed by atoms with van der Waals surface area (Å²) in [6.45, 7) is 3.10. The highest BCUT2D eigenvalue weighted by Crippen LogP contribution is 2.26. The molecule has 3 aromatic rings. The molecule has 3 rings (SSSR count). The molecule has 0 fully saturated rings. The fourth-order valence-electron chi connectivity index (χ4n) is 1.93. The number of rotatable bonds is 5. The Morgan fingerprint density at radius 3 is 2.89 bits per heavy atom. The zero-order chi connectivity index (χ0) is 13.1. The van der Waals surface area contributed by atoms with Crippen molar-refractivity contribution in [3.63, 3.8) is 0 Å². The van der Waals surface area contributed by atoms with Gasteiger partial charge in [-0.1, -0.05) is 13.0 Å².